The van der Waals surface area contributed by atoms with Gasteiger partial charge in [-0.05, 0) is 45.4 Å². The van der Waals surface area contributed by atoms with Gasteiger partial charge in [-0.15, -0.1) is 0 Å². The molecule has 0 aliphatic carbocycles. The zero-order valence-corrected chi connectivity index (χ0v) is 10.5. The first-order valence-electron chi connectivity index (χ1n) is 5.75. The van der Waals surface area contributed by atoms with Gasteiger partial charge in [-0.25, -0.2) is 0 Å². The molecule has 0 aromatic heterocycles. The monoisotopic (exact) mass is 224 g/mol. The third-order valence-corrected chi connectivity index (χ3v) is 2.05. The highest BCUT2D eigenvalue weighted by atomic mass is 16.5. The van der Waals surface area contributed by atoms with Gasteiger partial charge in [-0.2, -0.15) is 0 Å². The highest BCUT2D eigenvalue weighted by molar-refractivity contribution is 5.53. The lowest BCUT2D eigenvalue weighted by Gasteiger charge is -2.16. The van der Waals surface area contributed by atoms with Crippen LogP contribution in [0, 0.1) is 6.92 Å². The molecule has 1 rings (SSSR count). The van der Waals surface area contributed by atoms with Crippen LogP contribution in [0.1, 0.15) is 26.3 Å². The number of hydrogen-bond acceptors (Lipinski definition) is 3. The topological polar surface area (TPSA) is 27.7 Å². The highest BCUT2D eigenvalue weighted by Gasteiger charge is 2.13. The Labute approximate surface area is 97.3 Å². The Kier molecular flexibility index (Phi) is 4.96. The molecule has 1 aromatic carbocycles. The molecule has 0 saturated carbocycles. The number of rotatable bonds is 6. The summed E-state index contributed by atoms with van der Waals surface area (Å²) in [5.74, 6) is 2.22. The predicted molar refractivity (Wildman–Crippen MR) is 64.7 cm³/mol. The van der Waals surface area contributed by atoms with Crippen LogP contribution in [-0.2, 0) is 0 Å². The molecule has 0 spiro atoms. The number of hydrogen-bond donors (Lipinski definition) is 0. The van der Waals surface area contributed by atoms with Crippen molar-refractivity contribution in [3.8, 4) is 17.2 Å². The number of aryl methyl sites for hydroxylation is 1. The van der Waals surface area contributed by atoms with Crippen LogP contribution in [0.4, 0.5) is 0 Å². The molecule has 3 nitrogen and oxygen atoms in total. The lowest BCUT2D eigenvalue weighted by Crippen LogP contribution is -2.02. The van der Waals surface area contributed by atoms with E-state index in [2.05, 4.69) is 0 Å². The second-order valence-corrected chi connectivity index (χ2v) is 3.39. The van der Waals surface area contributed by atoms with Crippen LogP contribution >= 0.6 is 0 Å². The maximum absolute atomic E-state index is 5.58. The molecule has 0 bridgehead atoms. The molecule has 3 heteroatoms. The first-order valence-corrected chi connectivity index (χ1v) is 5.75. The van der Waals surface area contributed by atoms with Crippen molar-refractivity contribution < 1.29 is 14.2 Å². The van der Waals surface area contributed by atoms with Gasteiger partial charge in [0.15, 0.2) is 11.5 Å². The van der Waals surface area contributed by atoms with Gasteiger partial charge in [0.25, 0.3) is 0 Å². The zero-order chi connectivity index (χ0) is 12.0. The second kappa shape index (κ2) is 6.26. The average Bonchev–Trinajstić information content (AvgIpc) is 2.24. The van der Waals surface area contributed by atoms with Crippen molar-refractivity contribution in [2.75, 3.05) is 19.8 Å². The summed E-state index contributed by atoms with van der Waals surface area (Å²) in [7, 11) is 0. The first-order chi connectivity index (χ1) is 7.72. The van der Waals surface area contributed by atoms with Crippen LogP contribution in [0.3, 0.4) is 0 Å². The average molecular weight is 224 g/mol. The van der Waals surface area contributed by atoms with E-state index < -0.39 is 0 Å². The predicted octanol–water partition coefficient (Wildman–Crippen LogP) is 3.19. The van der Waals surface area contributed by atoms with Crippen molar-refractivity contribution in [1.82, 2.24) is 0 Å². The largest absolute Gasteiger partial charge is 0.490 e. The van der Waals surface area contributed by atoms with Crippen LogP contribution in [0.5, 0.6) is 17.2 Å². The van der Waals surface area contributed by atoms with Gasteiger partial charge in [-0.1, -0.05) is 0 Å². The van der Waals surface area contributed by atoms with Crippen molar-refractivity contribution in [1.29, 1.82) is 0 Å². The van der Waals surface area contributed by atoms with E-state index in [0.717, 1.165) is 17.1 Å². The third-order valence-electron chi connectivity index (χ3n) is 2.05. The van der Waals surface area contributed by atoms with Gasteiger partial charge in [0.2, 0.25) is 5.75 Å². The quantitative estimate of drug-likeness (QED) is 0.742. The molecule has 0 amide bonds. The molecular weight excluding hydrogens is 204 g/mol. The molecule has 0 unspecified atom stereocenters. The Bertz CT molecular complexity index is 307. The Balaban J connectivity index is 3.12. The number of ether oxygens (including phenoxy) is 3. The van der Waals surface area contributed by atoms with Gasteiger partial charge >= 0.3 is 0 Å². The molecule has 0 heterocycles. The Hall–Kier alpha value is -1.38. The van der Waals surface area contributed by atoms with E-state index in [-0.39, 0.29) is 0 Å². The molecule has 0 radical (unpaired) electrons. The molecule has 0 saturated heterocycles. The fraction of sp³-hybridized carbons (Fsp3) is 0.538. The molecule has 0 fully saturated rings. The summed E-state index contributed by atoms with van der Waals surface area (Å²) in [6.07, 6.45) is 0. The summed E-state index contributed by atoms with van der Waals surface area (Å²) in [6, 6.07) is 3.94. The van der Waals surface area contributed by atoms with Crippen molar-refractivity contribution in [2.45, 2.75) is 27.7 Å². The third kappa shape index (κ3) is 3.05. The summed E-state index contributed by atoms with van der Waals surface area (Å²) >= 11 is 0. The second-order valence-electron chi connectivity index (χ2n) is 3.39. The van der Waals surface area contributed by atoms with E-state index in [0.29, 0.717) is 25.6 Å². The summed E-state index contributed by atoms with van der Waals surface area (Å²) in [5.41, 5.74) is 1.11. The molecule has 0 aliphatic heterocycles. The van der Waals surface area contributed by atoms with E-state index in [9.17, 15) is 0 Å². The van der Waals surface area contributed by atoms with Crippen LogP contribution in [-0.4, -0.2) is 19.8 Å². The fourth-order valence-electron chi connectivity index (χ4n) is 1.52. The van der Waals surface area contributed by atoms with Crippen molar-refractivity contribution >= 4 is 0 Å². The van der Waals surface area contributed by atoms with Crippen LogP contribution in [0.25, 0.3) is 0 Å². The van der Waals surface area contributed by atoms with E-state index in [4.69, 9.17) is 14.2 Å². The van der Waals surface area contributed by atoms with Crippen LogP contribution in [0.2, 0.25) is 0 Å². The first kappa shape index (κ1) is 12.7. The van der Waals surface area contributed by atoms with Gasteiger partial charge in [0.05, 0.1) is 19.8 Å². The molecule has 1 aromatic rings. The van der Waals surface area contributed by atoms with E-state index in [1.807, 2.05) is 39.8 Å². The Morgan fingerprint density at radius 1 is 0.812 bits per heavy atom. The maximum Gasteiger partial charge on any atom is 0.203 e. The molecule has 0 atom stereocenters. The van der Waals surface area contributed by atoms with E-state index >= 15 is 0 Å². The maximum atomic E-state index is 5.58. The van der Waals surface area contributed by atoms with Crippen molar-refractivity contribution in [3.05, 3.63) is 17.7 Å². The minimum absolute atomic E-state index is 0.600. The van der Waals surface area contributed by atoms with Gasteiger partial charge in [0.1, 0.15) is 0 Å². The molecular formula is C13H20O3. The van der Waals surface area contributed by atoms with E-state index in [1.54, 1.807) is 0 Å². The van der Waals surface area contributed by atoms with E-state index in [1.165, 1.54) is 0 Å². The fourth-order valence-corrected chi connectivity index (χ4v) is 1.52. The lowest BCUT2D eigenvalue weighted by atomic mass is 10.2. The summed E-state index contributed by atoms with van der Waals surface area (Å²) in [6.45, 7) is 9.72. The summed E-state index contributed by atoms with van der Waals surface area (Å²) in [5, 5.41) is 0. The minimum Gasteiger partial charge on any atom is -0.490 e. The summed E-state index contributed by atoms with van der Waals surface area (Å²) in [4.78, 5) is 0. The Morgan fingerprint density at radius 2 is 1.25 bits per heavy atom. The molecule has 0 aliphatic rings. The van der Waals surface area contributed by atoms with Crippen LogP contribution < -0.4 is 14.2 Å². The standard InChI is InChI=1S/C13H20O3/c1-5-14-11-8-10(4)9-12(15-6-2)13(11)16-7-3/h8-9H,5-7H2,1-4H3. The molecule has 90 valence electrons. The summed E-state index contributed by atoms with van der Waals surface area (Å²) < 4.78 is 16.7. The molecule has 16 heavy (non-hydrogen) atoms. The highest BCUT2D eigenvalue weighted by Crippen LogP contribution is 2.38. The number of benzene rings is 1. The van der Waals surface area contributed by atoms with Crippen molar-refractivity contribution in [3.63, 3.8) is 0 Å². The van der Waals surface area contributed by atoms with Gasteiger partial charge in [-0.3, -0.25) is 0 Å². The smallest absolute Gasteiger partial charge is 0.203 e. The Morgan fingerprint density at radius 3 is 1.62 bits per heavy atom. The van der Waals surface area contributed by atoms with Gasteiger partial charge < -0.3 is 14.2 Å². The molecule has 0 N–H and O–H groups in total. The SMILES string of the molecule is CCOc1cc(C)cc(OCC)c1OCC. The van der Waals surface area contributed by atoms with Crippen LogP contribution in [0.15, 0.2) is 12.1 Å². The zero-order valence-electron chi connectivity index (χ0n) is 10.5. The minimum atomic E-state index is 0.600. The van der Waals surface area contributed by atoms with Gasteiger partial charge in [0, 0.05) is 0 Å². The lowest BCUT2D eigenvalue weighted by molar-refractivity contribution is 0.260. The normalized spacial score (nSPS) is 10.0. The van der Waals surface area contributed by atoms with Crippen molar-refractivity contribution in [2.24, 2.45) is 0 Å².